The zero-order valence-electron chi connectivity index (χ0n) is 7.93. The maximum atomic E-state index is 10.5. The first kappa shape index (κ1) is 12.6. The molecule has 0 heterocycles. The van der Waals surface area contributed by atoms with E-state index in [-0.39, 0.29) is 12.9 Å². The van der Waals surface area contributed by atoms with E-state index in [1.165, 1.54) is 0 Å². The van der Waals surface area contributed by atoms with E-state index in [0.29, 0.717) is 0 Å². The van der Waals surface area contributed by atoms with Crippen molar-refractivity contribution < 1.29 is 29.0 Å². The molecule has 0 aliphatic heterocycles. The van der Waals surface area contributed by atoms with Gasteiger partial charge in [-0.1, -0.05) is 0 Å². The Labute approximate surface area is 80.8 Å². The van der Waals surface area contributed by atoms with Crippen molar-refractivity contribution in [2.24, 2.45) is 0 Å². The molecule has 80 valence electrons. The van der Waals surface area contributed by atoms with Crippen molar-refractivity contribution in [1.82, 2.24) is 0 Å². The summed E-state index contributed by atoms with van der Waals surface area (Å²) in [5, 5.41) is 9.22. The number of rotatable bonds is 5. The van der Waals surface area contributed by atoms with E-state index in [0.717, 1.165) is 13.8 Å². The van der Waals surface area contributed by atoms with Gasteiger partial charge >= 0.3 is 11.9 Å². The van der Waals surface area contributed by atoms with Gasteiger partial charge in [0.25, 0.3) is 0 Å². The number of ether oxygens (including phenoxy) is 2. The Morgan fingerprint density at radius 1 is 1.36 bits per heavy atom. The van der Waals surface area contributed by atoms with E-state index in [9.17, 15) is 19.5 Å². The van der Waals surface area contributed by atoms with Gasteiger partial charge < -0.3 is 14.6 Å². The van der Waals surface area contributed by atoms with Crippen LogP contribution in [0, 0.1) is 0 Å². The smallest absolute Gasteiger partial charge is 0.303 e. The van der Waals surface area contributed by atoms with Gasteiger partial charge in [-0.25, -0.2) is 0 Å². The van der Waals surface area contributed by atoms with Gasteiger partial charge in [-0.2, -0.15) is 0 Å². The van der Waals surface area contributed by atoms with E-state index in [1.807, 2.05) is 0 Å². The molecular weight excluding hydrogens is 192 g/mol. The van der Waals surface area contributed by atoms with Crippen molar-refractivity contribution >= 4 is 18.2 Å². The molecule has 14 heavy (non-hydrogen) atoms. The van der Waals surface area contributed by atoms with Crippen LogP contribution in [0.5, 0.6) is 0 Å². The van der Waals surface area contributed by atoms with E-state index in [4.69, 9.17) is 0 Å². The third-order valence-electron chi connectivity index (χ3n) is 1.27. The molecule has 6 nitrogen and oxygen atoms in total. The second-order valence-corrected chi connectivity index (χ2v) is 2.58. The highest BCUT2D eigenvalue weighted by Crippen LogP contribution is 1.98. The molecule has 0 aromatic rings. The van der Waals surface area contributed by atoms with Crippen molar-refractivity contribution in [3.63, 3.8) is 0 Å². The summed E-state index contributed by atoms with van der Waals surface area (Å²) in [6.07, 6.45) is -2.36. The van der Waals surface area contributed by atoms with Gasteiger partial charge in [-0.15, -0.1) is 0 Å². The fourth-order valence-electron chi connectivity index (χ4n) is 0.686. The van der Waals surface area contributed by atoms with Gasteiger partial charge in [0.05, 0.1) is 0 Å². The summed E-state index contributed by atoms with van der Waals surface area (Å²) in [6.45, 7) is 1.88. The lowest BCUT2D eigenvalue weighted by Gasteiger charge is -2.16. The average molecular weight is 204 g/mol. The van der Waals surface area contributed by atoms with Crippen LogP contribution in [-0.2, 0) is 23.9 Å². The number of hydrogen-bond acceptors (Lipinski definition) is 6. The normalized spacial score (nSPS) is 13.9. The van der Waals surface area contributed by atoms with Crippen LogP contribution >= 0.6 is 0 Å². The van der Waals surface area contributed by atoms with E-state index < -0.39 is 24.1 Å². The van der Waals surface area contributed by atoms with E-state index in [2.05, 4.69) is 9.47 Å². The number of aldehydes is 1. The molecule has 0 fully saturated rings. The van der Waals surface area contributed by atoms with Crippen LogP contribution in [-0.4, -0.2) is 42.1 Å². The third kappa shape index (κ3) is 5.26. The monoisotopic (exact) mass is 204 g/mol. The summed E-state index contributed by atoms with van der Waals surface area (Å²) in [6, 6.07) is 0. The summed E-state index contributed by atoms with van der Waals surface area (Å²) in [5.41, 5.74) is 0. The van der Waals surface area contributed by atoms with Crippen molar-refractivity contribution in [3.8, 4) is 0 Å². The minimum atomic E-state index is -1.33. The number of carbonyl (C=O) groups is 3. The maximum Gasteiger partial charge on any atom is 0.303 e. The first-order chi connectivity index (χ1) is 6.47. The predicted octanol–water partition coefficient (Wildman–Crippen LogP) is -0.959. The zero-order chi connectivity index (χ0) is 11.1. The van der Waals surface area contributed by atoms with Crippen molar-refractivity contribution in [1.29, 1.82) is 0 Å². The lowest BCUT2D eigenvalue weighted by Crippen LogP contribution is -2.36. The van der Waals surface area contributed by atoms with Crippen LogP contribution in [0.15, 0.2) is 0 Å². The highest BCUT2D eigenvalue weighted by Gasteiger charge is 2.22. The number of aliphatic hydroxyl groups is 1. The Bertz CT molecular complexity index is 224. The second-order valence-electron chi connectivity index (χ2n) is 2.58. The average Bonchev–Trinajstić information content (AvgIpc) is 2.09. The summed E-state index contributed by atoms with van der Waals surface area (Å²) in [5.74, 6) is -1.28. The lowest BCUT2D eigenvalue weighted by molar-refractivity contribution is -0.160. The van der Waals surface area contributed by atoms with Gasteiger partial charge in [-0.05, 0) is 0 Å². The highest BCUT2D eigenvalue weighted by atomic mass is 16.6. The molecule has 0 amide bonds. The number of esters is 2. The van der Waals surface area contributed by atoms with E-state index >= 15 is 0 Å². The van der Waals surface area contributed by atoms with Crippen LogP contribution in [0.4, 0.5) is 0 Å². The Morgan fingerprint density at radius 2 is 1.93 bits per heavy atom. The molecule has 0 aliphatic carbocycles. The third-order valence-corrected chi connectivity index (χ3v) is 1.27. The summed E-state index contributed by atoms with van der Waals surface area (Å²) in [4.78, 5) is 31.2. The molecule has 1 N–H and O–H groups in total. The minimum absolute atomic E-state index is 0.273. The SMILES string of the molecule is CC(=O)OC[C@H](O)[C@@H](C=O)OC(C)=O. The second kappa shape index (κ2) is 6.09. The molecule has 0 bridgehead atoms. The molecule has 0 aromatic heterocycles. The van der Waals surface area contributed by atoms with Crippen LogP contribution < -0.4 is 0 Å². The fraction of sp³-hybridized carbons (Fsp3) is 0.625. The van der Waals surface area contributed by atoms with Gasteiger partial charge in [0.15, 0.2) is 12.4 Å². The minimum Gasteiger partial charge on any atom is -0.463 e. The van der Waals surface area contributed by atoms with Crippen LogP contribution in [0.3, 0.4) is 0 Å². The standard InChI is InChI=1S/C8H12O6/c1-5(10)13-4-7(12)8(3-9)14-6(2)11/h3,7-8,12H,4H2,1-2H3/t7-,8+/m0/s1. The summed E-state index contributed by atoms with van der Waals surface area (Å²) < 4.78 is 8.87. The molecule has 0 aromatic carbocycles. The first-order valence-corrected chi connectivity index (χ1v) is 3.91. The fourth-order valence-corrected chi connectivity index (χ4v) is 0.686. The van der Waals surface area contributed by atoms with Gasteiger partial charge in [0.2, 0.25) is 0 Å². The molecule has 0 rings (SSSR count). The molecule has 0 spiro atoms. The molecular formula is C8H12O6. The number of hydrogen-bond donors (Lipinski definition) is 1. The molecule has 0 saturated carbocycles. The molecule has 2 atom stereocenters. The van der Waals surface area contributed by atoms with Gasteiger partial charge in [-0.3, -0.25) is 14.4 Å². The Balaban J connectivity index is 4.03. The Morgan fingerprint density at radius 3 is 2.29 bits per heavy atom. The highest BCUT2D eigenvalue weighted by molar-refractivity contribution is 5.70. The van der Waals surface area contributed by atoms with Crippen LogP contribution in [0.2, 0.25) is 0 Å². The quantitative estimate of drug-likeness (QED) is 0.458. The van der Waals surface area contributed by atoms with E-state index in [1.54, 1.807) is 0 Å². The maximum absolute atomic E-state index is 10.5. The van der Waals surface area contributed by atoms with Crippen LogP contribution in [0.25, 0.3) is 0 Å². The van der Waals surface area contributed by atoms with Gasteiger partial charge in [0, 0.05) is 13.8 Å². The largest absolute Gasteiger partial charge is 0.463 e. The van der Waals surface area contributed by atoms with Crippen molar-refractivity contribution in [3.05, 3.63) is 0 Å². The molecule has 6 heteroatoms. The number of carbonyl (C=O) groups excluding carboxylic acids is 3. The Kier molecular flexibility index (Phi) is 5.47. The predicted molar refractivity (Wildman–Crippen MR) is 44.3 cm³/mol. The summed E-state index contributed by atoms with van der Waals surface area (Å²) in [7, 11) is 0. The summed E-state index contributed by atoms with van der Waals surface area (Å²) >= 11 is 0. The number of aliphatic hydroxyl groups excluding tert-OH is 1. The van der Waals surface area contributed by atoms with Gasteiger partial charge in [0.1, 0.15) is 12.7 Å². The first-order valence-electron chi connectivity index (χ1n) is 3.91. The van der Waals surface area contributed by atoms with Crippen molar-refractivity contribution in [2.45, 2.75) is 26.1 Å². The molecule has 0 saturated heterocycles. The zero-order valence-corrected chi connectivity index (χ0v) is 7.93. The molecule has 0 aliphatic rings. The molecule has 0 radical (unpaired) electrons. The molecule has 0 unspecified atom stereocenters. The van der Waals surface area contributed by atoms with Crippen molar-refractivity contribution in [2.75, 3.05) is 6.61 Å². The Hall–Kier alpha value is -1.43. The topological polar surface area (TPSA) is 89.9 Å². The lowest BCUT2D eigenvalue weighted by atomic mass is 10.2. The van der Waals surface area contributed by atoms with Crippen LogP contribution in [0.1, 0.15) is 13.8 Å².